The van der Waals surface area contributed by atoms with Gasteiger partial charge < -0.3 is 14.8 Å². The van der Waals surface area contributed by atoms with E-state index >= 15 is 0 Å². The number of ether oxygens (including phenoxy) is 2. The average molecular weight is 272 g/mol. The lowest BCUT2D eigenvalue weighted by atomic mass is 10.1. The molecular formula is C14H22ClNO2. The van der Waals surface area contributed by atoms with Gasteiger partial charge in [-0.2, -0.15) is 0 Å². The molecule has 0 radical (unpaired) electrons. The maximum atomic E-state index is 5.80. The van der Waals surface area contributed by atoms with E-state index in [9.17, 15) is 0 Å². The fraction of sp³-hybridized carbons (Fsp3) is 0.571. The lowest BCUT2D eigenvalue weighted by molar-refractivity contribution is 0.0695. The van der Waals surface area contributed by atoms with Crippen LogP contribution in [0.15, 0.2) is 24.3 Å². The summed E-state index contributed by atoms with van der Waals surface area (Å²) in [5.41, 5.74) is 2.44. The van der Waals surface area contributed by atoms with E-state index in [4.69, 9.17) is 21.1 Å². The maximum Gasteiger partial charge on any atom is 0.0700 e. The number of methoxy groups -OCH3 is 1. The van der Waals surface area contributed by atoms with Gasteiger partial charge in [-0.15, -0.1) is 11.6 Å². The second-order valence-electron chi connectivity index (χ2n) is 4.09. The van der Waals surface area contributed by atoms with Crippen molar-refractivity contribution in [2.75, 3.05) is 33.5 Å². The van der Waals surface area contributed by atoms with Crippen LogP contribution in [-0.4, -0.2) is 33.5 Å². The van der Waals surface area contributed by atoms with Crippen molar-refractivity contribution in [2.24, 2.45) is 0 Å². The van der Waals surface area contributed by atoms with Crippen LogP contribution in [0.2, 0.25) is 0 Å². The van der Waals surface area contributed by atoms with Crippen LogP contribution in [0, 0.1) is 0 Å². The SMILES string of the molecule is COCCOCCCNCc1cccc(CCl)c1. The zero-order chi connectivity index (χ0) is 13.1. The molecule has 0 unspecified atom stereocenters. The number of hydrogen-bond donors (Lipinski definition) is 1. The van der Waals surface area contributed by atoms with Gasteiger partial charge in [-0.25, -0.2) is 0 Å². The van der Waals surface area contributed by atoms with E-state index < -0.39 is 0 Å². The van der Waals surface area contributed by atoms with Gasteiger partial charge in [-0.05, 0) is 24.1 Å². The quantitative estimate of drug-likeness (QED) is 0.524. The number of hydrogen-bond acceptors (Lipinski definition) is 3. The van der Waals surface area contributed by atoms with Crippen molar-refractivity contribution in [1.29, 1.82) is 0 Å². The van der Waals surface area contributed by atoms with Gasteiger partial charge in [0.25, 0.3) is 0 Å². The lowest BCUT2D eigenvalue weighted by Crippen LogP contribution is -2.17. The molecule has 4 heteroatoms. The molecule has 0 amide bonds. The van der Waals surface area contributed by atoms with Gasteiger partial charge in [0.15, 0.2) is 0 Å². The Balaban J connectivity index is 2.03. The molecule has 18 heavy (non-hydrogen) atoms. The van der Waals surface area contributed by atoms with Gasteiger partial charge in [-0.1, -0.05) is 24.3 Å². The smallest absolute Gasteiger partial charge is 0.0700 e. The van der Waals surface area contributed by atoms with E-state index in [1.807, 2.05) is 12.1 Å². The van der Waals surface area contributed by atoms with E-state index in [2.05, 4.69) is 17.4 Å². The first-order valence-corrected chi connectivity index (χ1v) is 6.81. The summed E-state index contributed by atoms with van der Waals surface area (Å²) in [7, 11) is 1.68. The second kappa shape index (κ2) is 10.3. The standard InChI is InChI=1S/C14H22ClNO2/c1-17-8-9-18-7-3-6-16-12-14-5-2-4-13(10-14)11-15/h2,4-5,10,16H,3,6-9,11-12H2,1H3. The summed E-state index contributed by atoms with van der Waals surface area (Å²) in [6.45, 7) is 3.95. The van der Waals surface area contributed by atoms with Crippen molar-refractivity contribution >= 4 is 11.6 Å². The minimum Gasteiger partial charge on any atom is -0.382 e. The Morgan fingerprint density at radius 2 is 2.00 bits per heavy atom. The fourth-order valence-corrected chi connectivity index (χ4v) is 1.77. The molecular weight excluding hydrogens is 250 g/mol. The highest BCUT2D eigenvalue weighted by atomic mass is 35.5. The number of rotatable bonds is 10. The van der Waals surface area contributed by atoms with Crippen molar-refractivity contribution in [3.8, 4) is 0 Å². The van der Waals surface area contributed by atoms with Crippen LogP contribution in [0.3, 0.4) is 0 Å². The summed E-state index contributed by atoms with van der Waals surface area (Å²) in [6, 6.07) is 8.33. The van der Waals surface area contributed by atoms with E-state index in [-0.39, 0.29) is 0 Å². The van der Waals surface area contributed by atoms with Gasteiger partial charge >= 0.3 is 0 Å². The molecule has 0 aliphatic rings. The van der Waals surface area contributed by atoms with Crippen LogP contribution < -0.4 is 5.32 Å². The van der Waals surface area contributed by atoms with E-state index in [0.29, 0.717) is 19.1 Å². The molecule has 3 nitrogen and oxygen atoms in total. The van der Waals surface area contributed by atoms with Crippen LogP contribution in [0.5, 0.6) is 0 Å². The molecule has 0 aliphatic heterocycles. The third kappa shape index (κ3) is 6.97. The zero-order valence-electron chi connectivity index (χ0n) is 11.0. The lowest BCUT2D eigenvalue weighted by Gasteiger charge is -2.07. The molecule has 102 valence electrons. The minimum atomic E-state index is 0.571. The number of halogens is 1. The van der Waals surface area contributed by atoms with Gasteiger partial charge in [0, 0.05) is 26.1 Å². The molecule has 0 heterocycles. The molecule has 0 bridgehead atoms. The predicted molar refractivity (Wildman–Crippen MR) is 75.0 cm³/mol. The molecule has 1 N–H and O–H groups in total. The Kier molecular flexibility index (Phi) is 8.86. The van der Waals surface area contributed by atoms with Crippen molar-refractivity contribution in [3.63, 3.8) is 0 Å². The summed E-state index contributed by atoms with van der Waals surface area (Å²) >= 11 is 5.80. The highest BCUT2D eigenvalue weighted by Crippen LogP contribution is 2.07. The highest BCUT2D eigenvalue weighted by molar-refractivity contribution is 6.17. The minimum absolute atomic E-state index is 0.571. The van der Waals surface area contributed by atoms with Crippen LogP contribution >= 0.6 is 11.6 Å². The van der Waals surface area contributed by atoms with Crippen LogP contribution in [-0.2, 0) is 21.9 Å². The third-order valence-corrected chi connectivity index (χ3v) is 2.86. The first-order valence-electron chi connectivity index (χ1n) is 6.28. The Hall–Kier alpha value is -0.610. The van der Waals surface area contributed by atoms with Crippen LogP contribution in [0.25, 0.3) is 0 Å². The summed E-state index contributed by atoms with van der Waals surface area (Å²) in [5, 5.41) is 3.39. The van der Waals surface area contributed by atoms with Crippen LogP contribution in [0.1, 0.15) is 17.5 Å². The molecule has 1 aromatic carbocycles. The summed E-state index contributed by atoms with van der Waals surface area (Å²) < 4.78 is 10.3. The van der Waals surface area contributed by atoms with Crippen molar-refractivity contribution < 1.29 is 9.47 Å². The normalized spacial score (nSPS) is 10.8. The van der Waals surface area contributed by atoms with Crippen molar-refractivity contribution in [1.82, 2.24) is 5.32 Å². The largest absolute Gasteiger partial charge is 0.382 e. The highest BCUT2D eigenvalue weighted by Gasteiger charge is 1.95. The molecule has 1 rings (SSSR count). The predicted octanol–water partition coefficient (Wildman–Crippen LogP) is 2.57. The molecule has 0 atom stereocenters. The molecule has 1 aromatic rings. The fourth-order valence-electron chi connectivity index (χ4n) is 1.60. The Labute approximate surface area is 114 Å². The Morgan fingerprint density at radius 1 is 1.17 bits per heavy atom. The number of alkyl halides is 1. The van der Waals surface area contributed by atoms with E-state index in [1.54, 1.807) is 7.11 Å². The number of benzene rings is 1. The summed E-state index contributed by atoms with van der Waals surface area (Å²) in [5.74, 6) is 0.571. The van der Waals surface area contributed by atoms with Gasteiger partial charge in [-0.3, -0.25) is 0 Å². The second-order valence-corrected chi connectivity index (χ2v) is 4.36. The van der Waals surface area contributed by atoms with Crippen molar-refractivity contribution in [3.05, 3.63) is 35.4 Å². The summed E-state index contributed by atoms with van der Waals surface area (Å²) in [4.78, 5) is 0. The number of nitrogens with one attached hydrogen (secondary N) is 1. The van der Waals surface area contributed by atoms with Gasteiger partial charge in [0.05, 0.1) is 13.2 Å². The molecule has 0 aliphatic carbocycles. The topological polar surface area (TPSA) is 30.5 Å². The summed E-state index contributed by atoms with van der Waals surface area (Å²) in [6.07, 6.45) is 1.01. The molecule has 0 saturated heterocycles. The monoisotopic (exact) mass is 271 g/mol. The zero-order valence-corrected chi connectivity index (χ0v) is 11.7. The first-order chi connectivity index (χ1) is 8.86. The van der Waals surface area contributed by atoms with E-state index in [0.717, 1.165) is 26.1 Å². The van der Waals surface area contributed by atoms with E-state index in [1.165, 1.54) is 11.1 Å². The Morgan fingerprint density at radius 3 is 2.78 bits per heavy atom. The Bertz CT molecular complexity index is 320. The van der Waals surface area contributed by atoms with Gasteiger partial charge in [0.1, 0.15) is 0 Å². The molecule has 0 fully saturated rings. The van der Waals surface area contributed by atoms with Crippen LogP contribution in [0.4, 0.5) is 0 Å². The molecule has 0 spiro atoms. The molecule has 0 saturated carbocycles. The van der Waals surface area contributed by atoms with Gasteiger partial charge in [0.2, 0.25) is 0 Å². The average Bonchev–Trinajstić information content (AvgIpc) is 2.42. The van der Waals surface area contributed by atoms with Crippen molar-refractivity contribution in [2.45, 2.75) is 18.8 Å². The third-order valence-electron chi connectivity index (χ3n) is 2.55. The molecule has 0 aromatic heterocycles. The first kappa shape index (κ1) is 15.4. The maximum absolute atomic E-state index is 5.80.